The van der Waals surface area contributed by atoms with Crippen molar-refractivity contribution in [2.24, 2.45) is 0 Å². The summed E-state index contributed by atoms with van der Waals surface area (Å²) in [7, 11) is -4.01. The average molecular weight is 443 g/mol. The van der Waals surface area contributed by atoms with Crippen LogP contribution in [0.15, 0.2) is 53.4 Å². The Balaban J connectivity index is 2.35. The van der Waals surface area contributed by atoms with Crippen molar-refractivity contribution in [3.8, 4) is 0 Å². The van der Waals surface area contributed by atoms with Gasteiger partial charge in [-0.1, -0.05) is 67.4 Å². The summed E-state index contributed by atoms with van der Waals surface area (Å²) in [5.74, 6) is -0.349. The van der Waals surface area contributed by atoms with Crippen molar-refractivity contribution in [3.63, 3.8) is 0 Å². The molecular weight excluding hydrogens is 419 g/mol. The summed E-state index contributed by atoms with van der Waals surface area (Å²) in [6, 6.07) is 13.3. The van der Waals surface area contributed by atoms with E-state index in [0.29, 0.717) is 5.02 Å². The Bertz CT molecular complexity index is 901. The number of carbonyl (C=O) groups excluding carboxylic acids is 1. The van der Waals surface area contributed by atoms with Crippen LogP contribution in [0.25, 0.3) is 0 Å². The first-order valence-electron chi connectivity index (χ1n) is 9.06. The van der Waals surface area contributed by atoms with E-state index in [1.54, 1.807) is 0 Å². The van der Waals surface area contributed by atoms with Gasteiger partial charge in [-0.25, -0.2) is 8.42 Å². The normalized spacial score (nSPS) is 11.8. The first-order valence-corrected chi connectivity index (χ1v) is 11.3. The second kappa shape index (κ2) is 10.3. The van der Waals surface area contributed by atoms with Gasteiger partial charge in [-0.2, -0.15) is 4.31 Å². The molecule has 0 aromatic heterocycles. The van der Waals surface area contributed by atoms with Crippen molar-refractivity contribution in [2.45, 2.75) is 44.2 Å². The van der Waals surface area contributed by atoms with Crippen LogP contribution in [0.2, 0.25) is 10.0 Å². The molecule has 1 N–H and O–H groups in total. The summed E-state index contributed by atoms with van der Waals surface area (Å²) in [5, 5.41) is 3.24. The first kappa shape index (κ1) is 22.7. The average Bonchev–Trinajstić information content (AvgIpc) is 2.66. The summed E-state index contributed by atoms with van der Waals surface area (Å²) < 4.78 is 27.6. The summed E-state index contributed by atoms with van der Waals surface area (Å²) in [5.41, 5.74) is 0.770. The Kier molecular flexibility index (Phi) is 8.31. The Labute approximate surface area is 176 Å². The Morgan fingerprint density at radius 1 is 1.07 bits per heavy atom. The van der Waals surface area contributed by atoms with E-state index in [4.69, 9.17) is 23.2 Å². The highest BCUT2D eigenvalue weighted by Gasteiger charge is 2.29. The zero-order valence-electron chi connectivity index (χ0n) is 15.9. The summed E-state index contributed by atoms with van der Waals surface area (Å²) in [4.78, 5) is 12.4. The molecular formula is C20H24Cl2N2O3S. The molecule has 0 spiro atoms. The van der Waals surface area contributed by atoms with Gasteiger partial charge in [0.15, 0.2) is 0 Å². The highest BCUT2D eigenvalue weighted by molar-refractivity contribution is 7.89. The molecule has 0 aliphatic rings. The fourth-order valence-electron chi connectivity index (χ4n) is 2.76. The standard InChI is InChI=1S/C20H24Cl2N2O3S/c1-3-17(4-2)23-20(25)14-24(13-15-8-6-5-7-9-15)28(26,27)19-11-10-16(21)12-18(19)22/h5-12,17H,3-4,13-14H2,1-2H3,(H,23,25). The zero-order chi connectivity index (χ0) is 20.7. The minimum Gasteiger partial charge on any atom is -0.352 e. The number of benzene rings is 2. The number of hydrogen-bond donors (Lipinski definition) is 1. The summed E-state index contributed by atoms with van der Waals surface area (Å²) in [6.45, 7) is 3.70. The Morgan fingerprint density at radius 3 is 2.29 bits per heavy atom. The van der Waals surface area contributed by atoms with Crippen LogP contribution in [0.1, 0.15) is 32.3 Å². The van der Waals surface area contributed by atoms with Gasteiger partial charge in [0.2, 0.25) is 15.9 Å². The maximum Gasteiger partial charge on any atom is 0.245 e. The molecule has 0 aliphatic heterocycles. The van der Waals surface area contributed by atoms with E-state index in [9.17, 15) is 13.2 Å². The van der Waals surface area contributed by atoms with Crippen LogP contribution >= 0.6 is 23.2 Å². The van der Waals surface area contributed by atoms with Gasteiger partial charge in [0.25, 0.3) is 0 Å². The summed E-state index contributed by atoms with van der Waals surface area (Å²) >= 11 is 12.0. The predicted octanol–water partition coefficient (Wildman–Crippen LogP) is 4.49. The lowest BCUT2D eigenvalue weighted by atomic mass is 10.2. The Morgan fingerprint density at radius 2 is 1.71 bits per heavy atom. The molecule has 0 fully saturated rings. The third-order valence-electron chi connectivity index (χ3n) is 4.38. The SMILES string of the molecule is CCC(CC)NC(=O)CN(Cc1ccccc1)S(=O)(=O)c1ccc(Cl)cc1Cl. The van der Waals surface area contributed by atoms with Crippen molar-refractivity contribution < 1.29 is 13.2 Å². The van der Waals surface area contributed by atoms with E-state index in [0.717, 1.165) is 22.7 Å². The lowest BCUT2D eigenvalue weighted by molar-refractivity contribution is -0.122. The van der Waals surface area contributed by atoms with E-state index in [-0.39, 0.29) is 35.0 Å². The minimum atomic E-state index is -4.01. The topological polar surface area (TPSA) is 66.5 Å². The van der Waals surface area contributed by atoms with Crippen molar-refractivity contribution in [1.29, 1.82) is 0 Å². The highest BCUT2D eigenvalue weighted by atomic mass is 35.5. The van der Waals surface area contributed by atoms with Gasteiger partial charge in [-0.3, -0.25) is 4.79 Å². The molecule has 152 valence electrons. The van der Waals surface area contributed by atoms with E-state index in [1.807, 2.05) is 44.2 Å². The number of sulfonamides is 1. The van der Waals surface area contributed by atoms with Gasteiger partial charge >= 0.3 is 0 Å². The smallest absolute Gasteiger partial charge is 0.245 e. The molecule has 28 heavy (non-hydrogen) atoms. The molecule has 2 aromatic rings. The monoisotopic (exact) mass is 442 g/mol. The molecule has 0 bridgehead atoms. The van der Waals surface area contributed by atoms with Crippen LogP contribution in [0.3, 0.4) is 0 Å². The van der Waals surface area contributed by atoms with Gasteiger partial charge in [-0.15, -0.1) is 0 Å². The van der Waals surface area contributed by atoms with Crippen molar-refractivity contribution in [2.75, 3.05) is 6.54 Å². The fourth-order valence-corrected chi connectivity index (χ4v) is 4.89. The largest absolute Gasteiger partial charge is 0.352 e. The third-order valence-corrected chi connectivity index (χ3v) is 6.89. The van der Waals surface area contributed by atoms with Crippen LogP contribution in [0.5, 0.6) is 0 Å². The maximum atomic E-state index is 13.2. The number of rotatable bonds is 9. The number of hydrogen-bond acceptors (Lipinski definition) is 3. The lowest BCUT2D eigenvalue weighted by Crippen LogP contribution is -2.43. The van der Waals surface area contributed by atoms with Gasteiger partial charge in [0.05, 0.1) is 11.6 Å². The Hall–Kier alpha value is -1.60. The first-order chi connectivity index (χ1) is 13.3. The van der Waals surface area contributed by atoms with E-state index in [1.165, 1.54) is 18.2 Å². The number of nitrogens with zero attached hydrogens (tertiary/aromatic N) is 1. The van der Waals surface area contributed by atoms with Gasteiger partial charge in [0.1, 0.15) is 4.90 Å². The molecule has 0 radical (unpaired) electrons. The predicted molar refractivity (Wildman–Crippen MR) is 113 cm³/mol. The lowest BCUT2D eigenvalue weighted by Gasteiger charge is -2.24. The second-order valence-corrected chi connectivity index (χ2v) is 9.16. The van der Waals surface area contributed by atoms with Crippen molar-refractivity contribution in [1.82, 2.24) is 9.62 Å². The molecule has 0 saturated carbocycles. The molecule has 8 heteroatoms. The van der Waals surface area contributed by atoms with Gasteiger partial charge < -0.3 is 5.32 Å². The van der Waals surface area contributed by atoms with E-state index >= 15 is 0 Å². The third kappa shape index (κ3) is 5.95. The molecule has 1 amide bonds. The van der Waals surface area contributed by atoms with Crippen molar-refractivity contribution >= 4 is 39.1 Å². The van der Waals surface area contributed by atoms with Gasteiger partial charge in [0, 0.05) is 17.6 Å². The number of amides is 1. The molecule has 0 unspecified atom stereocenters. The molecule has 2 rings (SSSR count). The molecule has 0 saturated heterocycles. The number of carbonyl (C=O) groups is 1. The molecule has 0 aliphatic carbocycles. The van der Waals surface area contributed by atoms with Crippen LogP contribution in [-0.4, -0.2) is 31.2 Å². The zero-order valence-corrected chi connectivity index (χ0v) is 18.2. The van der Waals surface area contributed by atoms with E-state index < -0.39 is 10.0 Å². The van der Waals surface area contributed by atoms with Crippen LogP contribution in [0.4, 0.5) is 0 Å². The highest BCUT2D eigenvalue weighted by Crippen LogP contribution is 2.28. The second-order valence-electron chi connectivity index (χ2n) is 6.41. The quantitative estimate of drug-likeness (QED) is 0.621. The molecule has 0 heterocycles. The van der Waals surface area contributed by atoms with E-state index in [2.05, 4.69) is 5.32 Å². The summed E-state index contributed by atoms with van der Waals surface area (Å²) in [6.07, 6.45) is 1.55. The fraction of sp³-hybridized carbons (Fsp3) is 0.350. The van der Waals surface area contributed by atoms with Crippen LogP contribution < -0.4 is 5.32 Å². The molecule has 2 aromatic carbocycles. The van der Waals surface area contributed by atoms with Crippen molar-refractivity contribution in [3.05, 3.63) is 64.1 Å². The molecule has 5 nitrogen and oxygen atoms in total. The number of nitrogens with one attached hydrogen (secondary N) is 1. The van der Waals surface area contributed by atoms with Gasteiger partial charge in [-0.05, 0) is 36.6 Å². The molecule has 0 atom stereocenters. The van der Waals surface area contributed by atoms with Crippen LogP contribution in [0, 0.1) is 0 Å². The van der Waals surface area contributed by atoms with Crippen LogP contribution in [-0.2, 0) is 21.4 Å². The minimum absolute atomic E-state index is 0.00731. The number of halogens is 2. The maximum absolute atomic E-state index is 13.2.